The zero-order valence-electron chi connectivity index (χ0n) is 36.8. The molecule has 5 aromatic carbocycles. The fourth-order valence-electron chi connectivity index (χ4n) is 7.35. The number of fused-ring (bicyclic) bond motifs is 3. The molecule has 0 radical (unpaired) electrons. The Morgan fingerprint density at radius 1 is 0.532 bits per heavy atom. The Labute approximate surface area is 381 Å². The molecular weight excluding hydrogens is 974 g/mol. The number of hydrogen-bond donors (Lipinski definition) is 0. The number of nitrogens with zero attached hydrogens (tertiary/aromatic N) is 3. The van der Waals surface area contributed by atoms with Crippen LogP contribution in [0.1, 0.15) is 16.7 Å². The van der Waals surface area contributed by atoms with E-state index in [-0.39, 0.29) is 25.9 Å². The Balaban J connectivity index is 0.000000166. The van der Waals surface area contributed by atoms with E-state index >= 15 is 0 Å². The summed E-state index contributed by atoms with van der Waals surface area (Å²) in [6.07, 6.45) is 5.32. The predicted octanol–water partition coefficient (Wildman–Crippen LogP) is 13.4. The normalized spacial score (nSPS) is 11.3. The maximum Gasteiger partial charge on any atom is 3.00 e. The van der Waals surface area contributed by atoms with Gasteiger partial charge in [-0.2, -0.15) is 0 Å². The van der Waals surface area contributed by atoms with Crippen molar-refractivity contribution in [3.63, 3.8) is 0 Å². The van der Waals surface area contributed by atoms with E-state index in [0.29, 0.717) is 11.3 Å². The standard InChI is InChI=1S/C26H19FNO.2C14H16NSi.Ir/c1-15-11-16(2)25(17(3)12-15)21-13-23(28-14-22(21)27)20-9-6-8-19-18-7-4-5-10-24(18)29-26(19)20;2*1-16(2,3)13-9-10-14(15-11-13)12-7-5-4-6-8-12;/h4-8,10-14H,1-3H3;2*4-7,9-11H,1-3H3;/q3*-1;+3. The molecule has 0 saturated heterocycles. The van der Waals surface area contributed by atoms with Gasteiger partial charge in [0.2, 0.25) is 0 Å². The van der Waals surface area contributed by atoms with Crippen molar-refractivity contribution in [2.45, 2.75) is 60.1 Å². The van der Waals surface area contributed by atoms with E-state index in [4.69, 9.17) is 4.42 Å². The molecule has 0 atom stereocenters. The maximum atomic E-state index is 14.8. The molecule has 0 N–H and O–H groups in total. The minimum atomic E-state index is -1.23. The summed E-state index contributed by atoms with van der Waals surface area (Å²) in [4.78, 5) is 13.4. The van der Waals surface area contributed by atoms with Gasteiger partial charge in [0.25, 0.3) is 0 Å². The number of aryl methyl sites for hydroxylation is 3. The van der Waals surface area contributed by atoms with Gasteiger partial charge in [0, 0.05) is 23.3 Å². The Hall–Kier alpha value is -5.64. The van der Waals surface area contributed by atoms with Crippen molar-refractivity contribution < 1.29 is 28.9 Å². The fourth-order valence-corrected chi connectivity index (χ4v) is 9.42. The molecule has 0 fully saturated rings. The second-order valence-corrected chi connectivity index (χ2v) is 27.6. The van der Waals surface area contributed by atoms with Crippen molar-refractivity contribution in [3.05, 3.63) is 187 Å². The summed E-state index contributed by atoms with van der Waals surface area (Å²) in [5.74, 6) is -0.333. The molecule has 312 valence electrons. The average molecular weight is 1030 g/mol. The predicted molar refractivity (Wildman–Crippen MR) is 258 cm³/mol. The van der Waals surface area contributed by atoms with Gasteiger partial charge < -0.3 is 19.4 Å². The zero-order valence-corrected chi connectivity index (χ0v) is 41.2. The van der Waals surface area contributed by atoms with E-state index in [1.807, 2.05) is 111 Å². The Bertz CT molecular complexity index is 2790. The van der Waals surface area contributed by atoms with E-state index in [1.165, 1.54) is 22.1 Å². The molecule has 0 spiro atoms. The first-order chi connectivity index (χ1) is 29.2. The first kappa shape index (κ1) is 45.9. The van der Waals surface area contributed by atoms with Crippen molar-refractivity contribution in [1.82, 2.24) is 15.0 Å². The average Bonchev–Trinajstić information content (AvgIpc) is 3.64. The minimum Gasteiger partial charge on any atom is -0.501 e. The number of hydrogen-bond acceptors (Lipinski definition) is 4. The summed E-state index contributed by atoms with van der Waals surface area (Å²) in [6, 6.07) is 51.9. The van der Waals surface area contributed by atoms with Crippen LogP contribution in [-0.4, -0.2) is 31.1 Å². The molecule has 9 rings (SSSR count). The van der Waals surface area contributed by atoms with Crippen LogP contribution in [0.2, 0.25) is 39.3 Å². The van der Waals surface area contributed by atoms with Crippen LogP contribution in [0.5, 0.6) is 0 Å². The molecule has 0 bridgehead atoms. The Kier molecular flexibility index (Phi) is 14.5. The van der Waals surface area contributed by atoms with Gasteiger partial charge in [0.05, 0.1) is 27.9 Å². The van der Waals surface area contributed by atoms with Crippen LogP contribution < -0.4 is 10.4 Å². The van der Waals surface area contributed by atoms with Crippen LogP contribution in [0, 0.1) is 44.8 Å². The summed E-state index contributed by atoms with van der Waals surface area (Å²) in [5.41, 5.74) is 11.8. The summed E-state index contributed by atoms with van der Waals surface area (Å²) >= 11 is 0. The van der Waals surface area contributed by atoms with E-state index in [9.17, 15) is 4.39 Å². The number of para-hydroxylation sites is 1. The van der Waals surface area contributed by atoms with Gasteiger partial charge in [0.15, 0.2) is 0 Å². The largest absolute Gasteiger partial charge is 3.00 e. The van der Waals surface area contributed by atoms with E-state index in [2.05, 4.69) is 116 Å². The molecule has 0 aliphatic rings. The molecule has 4 aromatic heterocycles. The number of aromatic nitrogens is 3. The van der Waals surface area contributed by atoms with Crippen molar-refractivity contribution in [1.29, 1.82) is 0 Å². The second kappa shape index (κ2) is 19.6. The molecule has 0 aliphatic carbocycles. The minimum absolute atomic E-state index is 0. The number of rotatable bonds is 6. The molecule has 0 amide bonds. The maximum absolute atomic E-state index is 14.8. The van der Waals surface area contributed by atoms with Crippen LogP contribution in [0.25, 0.3) is 66.8 Å². The number of furan rings is 1. The van der Waals surface area contributed by atoms with Gasteiger partial charge in [-0.15, -0.1) is 90.0 Å². The first-order valence-electron chi connectivity index (χ1n) is 20.6. The molecular formula is C54H51FIrN3OSi2. The third-order valence-corrected chi connectivity index (χ3v) is 14.7. The summed E-state index contributed by atoms with van der Waals surface area (Å²) in [6.45, 7) is 20.1. The summed E-state index contributed by atoms with van der Waals surface area (Å²) < 4.78 is 20.9. The zero-order chi connectivity index (χ0) is 43.3. The Morgan fingerprint density at radius 2 is 1.06 bits per heavy atom. The molecule has 4 heterocycles. The van der Waals surface area contributed by atoms with Gasteiger partial charge >= 0.3 is 20.1 Å². The quantitative estimate of drug-likeness (QED) is 0.123. The van der Waals surface area contributed by atoms with Gasteiger partial charge in [-0.05, 0) is 71.0 Å². The molecule has 4 nitrogen and oxygen atoms in total. The Morgan fingerprint density at radius 3 is 1.56 bits per heavy atom. The van der Waals surface area contributed by atoms with Gasteiger partial charge in [-0.1, -0.05) is 116 Å². The molecule has 62 heavy (non-hydrogen) atoms. The SMILES string of the molecule is C[Si](C)(C)c1ccc(-c2[c-]cccc2)nc1.C[Si](C)(C)c1ccc(-c2[c-]cccc2)nc1.Cc1cc(C)c(-c2cc(-c3[c-]ccc4c3oc3ccccc34)ncc2F)c(C)c1.[Ir+3]. The van der Waals surface area contributed by atoms with Crippen LogP contribution in [0.3, 0.4) is 0 Å². The van der Waals surface area contributed by atoms with E-state index < -0.39 is 16.1 Å². The van der Waals surface area contributed by atoms with Crippen molar-refractivity contribution in [2.75, 3.05) is 0 Å². The van der Waals surface area contributed by atoms with Crippen molar-refractivity contribution >= 4 is 48.5 Å². The topological polar surface area (TPSA) is 51.8 Å². The van der Waals surface area contributed by atoms with Crippen molar-refractivity contribution in [3.8, 4) is 44.9 Å². The number of pyridine rings is 3. The van der Waals surface area contributed by atoms with Crippen LogP contribution in [-0.2, 0) is 20.1 Å². The molecule has 9 aromatic rings. The van der Waals surface area contributed by atoms with Gasteiger partial charge in [0.1, 0.15) is 11.4 Å². The molecule has 0 aliphatic heterocycles. The van der Waals surface area contributed by atoms with Crippen LogP contribution >= 0.6 is 0 Å². The van der Waals surface area contributed by atoms with Gasteiger partial charge in [-0.25, -0.2) is 4.39 Å². The van der Waals surface area contributed by atoms with Gasteiger partial charge in [-0.3, -0.25) is 0 Å². The number of benzene rings is 5. The second-order valence-electron chi connectivity index (χ2n) is 17.4. The van der Waals surface area contributed by atoms with Crippen molar-refractivity contribution in [2.24, 2.45) is 0 Å². The monoisotopic (exact) mass is 1030 g/mol. The third-order valence-electron chi connectivity index (χ3n) is 10.6. The fraction of sp³-hybridized carbons (Fsp3) is 0.167. The third kappa shape index (κ3) is 10.7. The number of halogens is 1. The smallest absolute Gasteiger partial charge is 0.501 e. The van der Waals surface area contributed by atoms with E-state index in [1.54, 1.807) is 6.07 Å². The molecule has 8 heteroatoms. The first-order valence-corrected chi connectivity index (χ1v) is 27.6. The van der Waals surface area contributed by atoms with E-state index in [0.717, 1.165) is 66.7 Å². The summed E-state index contributed by atoms with van der Waals surface area (Å²) in [7, 11) is -2.46. The molecule has 0 saturated carbocycles. The summed E-state index contributed by atoms with van der Waals surface area (Å²) in [5, 5.41) is 4.84. The van der Waals surface area contributed by atoms with Crippen LogP contribution in [0.15, 0.2) is 150 Å². The van der Waals surface area contributed by atoms with Crippen LogP contribution in [0.4, 0.5) is 4.39 Å². The molecule has 0 unspecified atom stereocenters.